The Hall–Kier alpha value is 2.21. The molecule has 0 bridgehead atoms. The van der Waals surface area contributed by atoms with Crippen molar-refractivity contribution in [2.24, 2.45) is 0 Å². The monoisotopic (exact) mass is 1200 g/mol. The molecule has 7 rings (SSSR count). The Labute approximate surface area is 387 Å². The Morgan fingerprint density at radius 1 is 0.281 bits per heavy atom. The molecule has 6 unspecified atom stereocenters. The maximum atomic E-state index is 2.95. The topological polar surface area (TPSA) is 0 Å². The molecule has 0 heterocycles. The van der Waals surface area contributed by atoms with Gasteiger partial charge in [-0.25, -0.2) is 0 Å². The second-order valence-electron chi connectivity index (χ2n) is 16.6. The van der Waals surface area contributed by atoms with Gasteiger partial charge in [0.05, 0.1) is 0 Å². The van der Waals surface area contributed by atoms with Gasteiger partial charge in [-0.3, -0.25) is 0 Å². The predicted octanol–water partition coefficient (Wildman–Crippen LogP) is 14.2. The summed E-state index contributed by atoms with van der Waals surface area (Å²) < 4.78 is 5.63. The first kappa shape index (κ1) is 47.2. The van der Waals surface area contributed by atoms with E-state index in [-0.39, 0.29) is 0 Å². The summed E-state index contributed by atoms with van der Waals surface area (Å²) in [4.78, 5) is 0. The summed E-state index contributed by atoms with van der Waals surface area (Å²) in [7, 11) is 15.1. The fraction of sp³-hybridized carbons (Fsp3) is 0.625. The van der Waals surface area contributed by atoms with E-state index in [1.165, 1.54) is 154 Å². The number of allylic oxidation sites excluding steroid dienone is 6. The van der Waals surface area contributed by atoms with Crippen LogP contribution in [0.15, 0.2) is 91.1 Å². The van der Waals surface area contributed by atoms with Crippen molar-refractivity contribution in [1.82, 2.24) is 0 Å². The van der Waals surface area contributed by atoms with Crippen LogP contribution < -0.4 is 10.5 Å². The third kappa shape index (κ3) is 16.9. The van der Waals surface area contributed by atoms with Crippen LogP contribution in [0.25, 0.3) is 0 Å². The van der Waals surface area contributed by atoms with Gasteiger partial charge < -0.3 is 0 Å². The number of rotatable bonds is 15. The summed E-state index contributed by atoms with van der Waals surface area (Å²) in [5.74, 6) is 0. The Kier molecular flexibility index (Phi) is 22.8. The molecule has 0 nitrogen and oxygen atoms in total. The van der Waals surface area contributed by atoms with Crippen molar-refractivity contribution in [2.45, 2.75) is 186 Å². The minimum atomic E-state index is -2.04. The van der Waals surface area contributed by atoms with Crippen LogP contribution >= 0.6 is 53.1 Å². The van der Waals surface area contributed by atoms with Crippen molar-refractivity contribution in [3.05, 3.63) is 91.1 Å². The fourth-order valence-electron chi connectivity index (χ4n) is 8.31. The van der Waals surface area contributed by atoms with Crippen molar-refractivity contribution in [3.63, 3.8) is 0 Å². The molecule has 312 valence electrons. The zero-order chi connectivity index (χ0) is 38.7. The first-order valence-corrected chi connectivity index (χ1v) is 50.4. The number of hydrogen-bond acceptors (Lipinski definition) is 6. The van der Waals surface area contributed by atoms with Crippen molar-refractivity contribution in [2.75, 3.05) is 0 Å². The normalized spacial score (nSPS) is 28.9. The predicted molar refractivity (Wildman–Crippen MR) is 277 cm³/mol. The standard InChI is InChI=1S/6C7H12S.C6H3.3Sb/c6*8-7-5-3-1-2-4-6-7;1-2-4-6-5-3-1;;;/h6*3,5,7-8H,1-2,4,6H2;1,4-5H;;;/q;;;;;;;3*+2/p-6. The molecular weight excluding hydrogens is 1130 g/mol. The molecule has 0 fully saturated rings. The van der Waals surface area contributed by atoms with Gasteiger partial charge in [-0.05, 0) is 0 Å². The molecular formula is C48H69S6Sb3. The number of benzene rings is 1. The molecule has 0 amide bonds. The van der Waals surface area contributed by atoms with E-state index < -0.39 is 52.2 Å². The van der Waals surface area contributed by atoms with Crippen LogP contribution in [0, 0.1) is 0 Å². The van der Waals surface area contributed by atoms with E-state index in [2.05, 4.69) is 144 Å². The van der Waals surface area contributed by atoms with Gasteiger partial charge in [0.1, 0.15) is 0 Å². The minimum absolute atomic E-state index is 0.714. The summed E-state index contributed by atoms with van der Waals surface area (Å²) in [6.07, 6.45) is 64.1. The van der Waals surface area contributed by atoms with E-state index in [0.29, 0.717) is 31.5 Å². The van der Waals surface area contributed by atoms with Gasteiger partial charge >= 0.3 is 393 Å². The van der Waals surface area contributed by atoms with E-state index in [0.717, 1.165) is 0 Å². The van der Waals surface area contributed by atoms with Gasteiger partial charge in [0.15, 0.2) is 0 Å². The Morgan fingerprint density at radius 2 is 0.474 bits per heavy atom. The zero-order valence-electron chi connectivity index (χ0n) is 34.4. The molecule has 6 aliphatic rings. The molecule has 1 aromatic rings. The molecule has 57 heavy (non-hydrogen) atoms. The van der Waals surface area contributed by atoms with Crippen molar-refractivity contribution in [1.29, 1.82) is 0 Å². The van der Waals surface area contributed by atoms with Gasteiger partial charge in [0.25, 0.3) is 0 Å². The van der Waals surface area contributed by atoms with Gasteiger partial charge in [0, 0.05) is 0 Å². The molecule has 0 spiro atoms. The first-order valence-electron chi connectivity index (χ1n) is 22.8. The van der Waals surface area contributed by atoms with Crippen LogP contribution in [-0.2, 0) is 0 Å². The van der Waals surface area contributed by atoms with E-state index in [4.69, 9.17) is 0 Å². The van der Waals surface area contributed by atoms with E-state index in [1.54, 1.807) is 0 Å². The molecule has 6 atom stereocenters. The Morgan fingerprint density at radius 3 is 0.667 bits per heavy atom. The SMILES string of the molecule is C1=CC([S][Sb]([S]C2C=CCCCC2)[c]2c[c]([Sb]([S]C3C=CCCCC3)[S]C3C=CCCCC3)c[c]([Sb]([S]C3C=CCCCC3)[S]C3C=CCCCC3)c2)CCCC1. The van der Waals surface area contributed by atoms with Crippen LogP contribution in [0.1, 0.15) is 154 Å². The zero-order valence-corrected chi connectivity index (χ0v) is 46.9. The summed E-state index contributed by atoms with van der Waals surface area (Å²) in [5.41, 5.74) is 0. The van der Waals surface area contributed by atoms with Crippen molar-refractivity contribution < 1.29 is 0 Å². The fourth-order valence-corrected chi connectivity index (χ4v) is 70.1. The number of hydrogen-bond donors (Lipinski definition) is 0. The second kappa shape index (κ2) is 27.5. The third-order valence-electron chi connectivity index (χ3n) is 11.7. The molecule has 9 heteroatoms. The summed E-state index contributed by atoms with van der Waals surface area (Å²) in [5, 5.41) is 4.28. The second-order valence-corrected chi connectivity index (χ2v) is 60.5. The van der Waals surface area contributed by atoms with E-state index in [1.807, 2.05) is 10.5 Å². The molecule has 1 aromatic carbocycles. The average Bonchev–Trinajstić information content (AvgIpc) is 3.94. The summed E-state index contributed by atoms with van der Waals surface area (Å²) >= 11 is -6.13. The average molecular weight is 1200 g/mol. The van der Waals surface area contributed by atoms with Crippen LogP contribution in [0.2, 0.25) is 0 Å². The van der Waals surface area contributed by atoms with Crippen LogP contribution in [0.3, 0.4) is 0 Å². The Bertz CT molecular complexity index is 1250. The van der Waals surface area contributed by atoms with E-state index in [9.17, 15) is 0 Å². The quantitative estimate of drug-likeness (QED) is 0.126. The first-order chi connectivity index (χ1) is 28.2. The van der Waals surface area contributed by atoms with Gasteiger partial charge in [-0.1, -0.05) is 0 Å². The van der Waals surface area contributed by atoms with E-state index >= 15 is 0 Å². The molecule has 0 aliphatic heterocycles. The summed E-state index contributed by atoms with van der Waals surface area (Å²) in [6.45, 7) is 0. The molecule has 6 aliphatic carbocycles. The van der Waals surface area contributed by atoms with Crippen LogP contribution in [0.5, 0.6) is 0 Å². The van der Waals surface area contributed by atoms with Crippen LogP contribution in [0.4, 0.5) is 0 Å². The summed E-state index contributed by atoms with van der Waals surface area (Å²) in [6, 6.07) is 8.84. The molecule has 0 saturated carbocycles. The van der Waals surface area contributed by atoms with Crippen molar-refractivity contribution in [3.8, 4) is 0 Å². The van der Waals surface area contributed by atoms with Gasteiger partial charge in [0.2, 0.25) is 0 Å². The Balaban J connectivity index is 1.31. The van der Waals surface area contributed by atoms with Gasteiger partial charge in [-0.2, -0.15) is 0 Å². The third-order valence-corrected chi connectivity index (χ3v) is 65.2. The molecule has 0 radical (unpaired) electrons. The van der Waals surface area contributed by atoms with Crippen LogP contribution in [-0.4, -0.2) is 83.7 Å². The molecule has 0 aromatic heterocycles. The van der Waals surface area contributed by atoms with Crippen molar-refractivity contribution >= 4 is 116 Å². The maximum absolute atomic E-state index is 2.95. The molecule has 0 N–H and O–H groups in total. The molecule has 0 saturated heterocycles. The van der Waals surface area contributed by atoms with Gasteiger partial charge in [-0.15, -0.1) is 0 Å².